The Morgan fingerprint density at radius 3 is 1.24 bits per heavy atom. The Labute approximate surface area is 593 Å². The quantitative estimate of drug-likeness (QED) is 0.00982. The molecule has 0 aromatic carbocycles. The molecule has 8 heterocycles. The summed E-state index contributed by atoms with van der Waals surface area (Å²) in [5.41, 5.74) is 9.57. The van der Waals surface area contributed by atoms with Gasteiger partial charge in [0.05, 0.1) is 50.5 Å². The first-order chi connectivity index (χ1) is 37.3. The van der Waals surface area contributed by atoms with Crippen molar-refractivity contribution in [3.8, 4) is 42.0 Å². The molecule has 79 heavy (non-hydrogen) atoms. The summed E-state index contributed by atoms with van der Waals surface area (Å²) in [7, 11) is -4.97. The van der Waals surface area contributed by atoms with Crippen LogP contribution < -0.4 is 108 Å². The van der Waals surface area contributed by atoms with E-state index < -0.39 is 17.6 Å². The maximum atomic E-state index is 8.64. The monoisotopic (exact) mass is 1330 g/mol. The van der Waals surface area contributed by atoms with Crippen LogP contribution in [0.25, 0.3) is 64.1 Å². The molecule has 0 fully saturated rings. The maximum Gasteiger partial charge on any atom is 1.00 e. The van der Waals surface area contributed by atoms with E-state index >= 15 is 0 Å². The number of hydrogen-bond acceptors (Lipinski definition) is 23. The zero-order valence-electron chi connectivity index (χ0n) is 48.1. The van der Waals surface area contributed by atoms with E-state index in [4.69, 9.17) is 62.6 Å². The summed E-state index contributed by atoms with van der Waals surface area (Å²) in [6, 6.07) is 18.7. The van der Waals surface area contributed by atoms with Gasteiger partial charge in [-0.3, -0.25) is 4.79 Å². The molecule has 0 atom stereocenters. The molecule has 0 unspecified atom stereocenters. The number of aromatic nitrogens is 6. The summed E-state index contributed by atoms with van der Waals surface area (Å²) in [5.74, 6) is 3.00. The number of alkyl halides is 1. The van der Waals surface area contributed by atoms with Gasteiger partial charge >= 0.3 is 120 Å². The van der Waals surface area contributed by atoms with Crippen LogP contribution >= 0.6 is 105 Å². The van der Waals surface area contributed by atoms with Crippen molar-refractivity contribution in [1.82, 2.24) is 27.5 Å². The van der Waals surface area contributed by atoms with Crippen LogP contribution in [0.5, 0.6) is 0 Å². The molecule has 0 aliphatic heterocycles. The zero-order valence-corrected chi connectivity index (χ0v) is 62.7. The van der Waals surface area contributed by atoms with Crippen molar-refractivity contribution in [3.63, 3.8) is 0 Å². The Morgan fingerprint density at radius 2 is 0.911 bits per heavy atom. The molecular weight excluding hydrogens is 1270 g/mol. The van der Waals surface area contributed by atoms with Gasteiger partial charge < -0.3 is 38.1 Å². The van der Waals surface area contributed by atoms with Crippen molar-refractivity contribution < 1.29 is 146 Å². The number of fused-ring (bicyclic) bond motifs is 2. The number of rotatable bonds is 27. The van der Waals surface area contributed by atoms with Crippen LogP contribution in [0, 0.1) is 27.7 Å². The van der Waals surface area contributed by atoms with Crippen molar-refractivity contribution in [2.24, 2.45) is 0 Å². The van der Waals surface area contributed by atoms with E-state index in [1.54, 1.807) is 45.3 Å². The SMILES string of the molecule is CCO[Si](CCCS)(OCC)OCC.CCO[Si](CCCSCc1nc(-c2ccc(C)s2)c2nsnc2c1-c1ccc(C)s1)(OCC)OCC.Cc1ccc(-c2nc(CCl)c(-c3ccc(C)s3)c3nsnc23)s1.O=CO[O-].[H-].[K+].[K+]. The summed E-state index contributed by atoms with van der Waals surface area (Å²) in [4.78, 5) is 31.0. The average Bonchev–Trinajstić information content (AvgIpc) is 4.31. The van der Waals surface area contributed by atoms with E-state index in [9.17, 15) is 0 Å². The number of aryl methyl sites for hydroxylation is 4. The standard InChI is InChI=1S/C25H33N3O3S4Si.C16H12ClN3S3.C9H22O3SSi.CH2O3.2K.H/c1-6-29-36(30-7-2,31-8-3)15-9-14-32-16-19-22(20-12-10-17(4)33-20)24-25(28-35-27-24)23(26-19)21-13-11-18(5)34-21;1-8-3-5-11(21-8)13-10(7-17)18-14(12-6-4-9(2)22-12)16-15(13)19-23-20-16;1-4-10-14(11-5-2,12-6-3)9-7-8-13;2-1-4-3;;;/h10-13H,6-9,14-16H2,1-5H3;3-6H,7H2,1-2H3;13H,4-9H2,1-3H3;1,3H;;;/q;;;;2*+1;-1/p-1. The van der Waals surface area contributed by atoms with Gasteiger partial charge in [0.25, 0.3) is 6.47 Å². The summed E-state index contributed by atoms with van der Waals surface area (Å²) in [5, 5.41) is 8.43. The molecule has 0 aliphatic rings. The van der Waals surface area contributed by atoms with E-state index in [-0.39, 0.29) is 111 Å². The fourth-order valence-electron chi connectivity index (χ4n) is 7.96. The van der Waals surface area contributed by atoms with Crippen molar-refractivity contribution in [3.05, 3.63) is 79.4 Å². The van der Waals surface area contributed by atoms with E-state index in [0.29, 0.717) is 45.5 Å². The fourth-order valence-corrected chi connectivity index (χ4v) is 19.7. The molecule has 0 radical (unpaired) electrons. The second-order valence-electron chi connectivity index (χ2n) is 16.4. The third kappa shape index (κ3) is 21.8. The Kier molecular flexibility index (Phi) is 36.9. The van der Waals surface area contributed by atoms with Crippen molar-refractivity contribution in [1.29, 1.82) is 0 Å². The van der Waals surface area contributed by atoms with Gasteiger partial charge in [-0.25, -0.2) is 9.97 Å². The molecule has 8 rings (SSSR count). The fraction of sp³-hybridized carbons (Fsp3) is 0.471. The molecule has 0 spiro atoms. The van der Waals surface area contributed by atoms with Crippen LogP contribution in [0.1, 0.15) is 86.7 Å². The first kappa shape index (κ1) is 73.9. The van der Waals surface area contributed by atoms with Crippen LogP contribution in [-0.2, 0) is 47.9 Å². The number of nitrogens with zero attached hydrogens (tertiary/aromatic N) is 6. The molecule has 0 amide bonds. The van der Waals surface area contributed by atoms with Crippen molar-refractivity contribution in [2.45, 2.75) is 106 Å². The summed E-state index contributed by atoms with van der Waals surface area (Å²) in [6.07, 6.45) is 1.96. The third-order valence-corrected chi connectivity index (χ3v) is 23.9. The summed E-state index contributed by atoms with van der Waals surface area (Å²) in [6.45, 7) is 24.0. The number of thioether (sulfide) groups is 1. The Balaban J connectivity index is 0.000000426. The van der Waals surface area contributed by atoms with Gasteiger partial charge in [-0.1, -0.05) is 0 Å². The van der Waals surface area contributed by atoms with Crippen molar-refractivity contribution >= 4 is 151 Å². The zero-order chi connectivity index (χ0) is 55.8. The Hall–Kier alpha value is 0.626. The summed E-state index contributed by atoms with van der Waals surface area (Å²) >= 11 is 21.8. The second kappa shape index (κ2) is 39.4. The average molecular weight is 1340 g/mol. The van der Waals surface area contributed by atoms with Crippen LogP contribution in [0.3, 0.4) is 0 Å². The van der Waals surface area contributed by atoms with Gasteiger partial charge in [0.1, 0.15) is 33.5 Å². The molecule has 0 aliphatic carbocycles. The first-order valence-corrected chi connectivity index (χ1v) is 36.1. The predicted octanol–water partition coefficient (Wildman–Crippen LogP) is 8.64. The molecule has 422 valence electrons. The smallest absolute Gasteiger partial charge is 1.00 e. The van der Waals surface area contributed by atoms with Gasteiger partial charge in [-0.05, 0) is 142 Å². The van der Waals surface area contributed by atoms with Crippen LogP contribution in [0.4, 0.5) is 0 Å². The predicted molar refractivity (Wildman–Crippen MR) is 331 cm³/mol. The first-order valence-electron chi connectivity index (χ1n) is 25.2. The summed E-state index contributed by atoms with van der Waals surface area (Å²) < 4.78 is 53.6. The molecule has 8 aromatic heterocycles. The van der Waals surface area contributed by atoms with E-state index in [1.165, 1.54) is 47.8 Å². The Morgan fingerprint density at radius 1 is 0.570 bits per heavy atom. The number of halogens is 1. The second-order valence-corrected chi connectivity index (χ2v) is 29.9. The minimum atomic E-state index is -2.61. The van der Waals surface area contributed by atoms with Gasteiger partial charge in [0.2, 0.25) is 0 Å². The number of hydrogen-bond donors (Lipinski definition) is 1. The van der Waals surface area contributed by atoms with Crippen LogP contribution in [0.2, 0.25) is 12.1 Å². The van der Waals surface area contributed by atoms with Gasteiger partial charge in [0.15, 0.2) is 0 Å². The molecule has 0 N–H and O–H groups in total. The molecule has 0 saturated carbocycles. The molecule has 8 aromatic rings. The number of carbonyl (C=O) groups is 1. The van der Waals surface area contributed by atoms with E-state index in [1.807, 2.05) is 53.3 Å². The Bertz CT molecular complexity index is 2990. The van der Waals surface area contributed by atoms with Crippen LogP contribution in [0.15, 0.2) is 48.5 Å². The van der Waals surface area contributed by atoms with Crippen molar-refractivity contribution in [2.75, 3.05) is 51.1 Å². The number of thiophene rings is 4. The molecule has 28 heteroatoms. The largest absolute Gasteiger partial charge is 1.00 e. The number of pyridine rings is 2. The number of thiol groups is 1. The van der Waals surface area contributed by atoms with Gasteiger partial charge in [0, 0.05) is 97.9 Å². The van der Waals surface area contributed by atoms with Gasteiger partial charge in [-0.2, -0.15) is 41.9 Å². The van der Waals surface area contributed by atoms with E-state index in [0.717, 1.165) is 113 Å². The van der Waals surface area contributed by atoms with Crippen LogP contribution in [-0.4, -0.2) is 103 Å². The molecule has 0 bridgehead atoms. The third-order valence-electron chi connectivity index (χ3n) is 10.9. The molecule has 15 nitrogen and oxygen atoms in total. The molecule has 0 saturated heterocycles. The minimum absolute atomic E-state index is 0. The normalized spacial score (nSPS) is 11.3. The van der Waals surface area contributed by atoms with E-state index in [2.05, 4.69) is 107 Å². The molecular formula is C51H69ClK2N6O9S8Si2. The maximum absolute atomic E-state index is 8.64. The van der Waals surface area contributed by atoms with Gasteiger partial charge in [-0.15, -0.1) is 56.9 Å². The minimum Gasteiger partial charge on any atom is -1.00 e. The topological polar surface area (TPSA) is 182 Å². The number of carbonyl (C=O) groups excluding carboxylic acids is 1.